The summed E-state index contributed by atoms with van der Waals surface area (Å²) in [6.45, 7) is 2.33. The fourth-order valence-electron chi connectivity index (χ4n) is 2.96. The van der Waals surface area contributed by atoms with Crippen LogP contribution in [0.3, 0.4) is 0 Å². The third kappa shape index (κ3) is 4.34. The van der Waals surface area contributed by atoms with Crippen LogP contribution in [0.25, 0.3) is 0 Å². The van der Waals surface area contributed by atoms with Crippen molar-refractivity contribution in [2.45, 2.75) is 51.0 Å². The van der Waals surface area contributed by atoms with Gasteiger partial charge in [-0.25, -0.2) is 0 Å². The predicted octanol–water partition coefficient (Wildman–Crippen LogP) is 2.85. The molecule has 20 heavy (non-hydrogen) atoms. The number of benzene rings is 1. The topological polar surface area (TPSA) is 49.3 Å². The fourth-order valence-corrected chi connectivity index (χ4v) is 2.96. The van der Waals surface area contributed by atoms with E-state index in [0.29, 0.717) is 18.9 Å². The number of hydrogen-bond donors (Lipinski definition) is 2. The standard InChI is InChI=1S/C17H25NO2/c1-13(19)11-12-18-17(20)16-9-7-15(8-10-16)14-5-3-2-4-6-14/h2-6,13,15-16,19H,7-12H2,1H3,(H,18,20). The van der Waals surface area contributed by atoms with Crippen LogP contribution >= 0.6 is 0 Å². The second kappa shape index (κ2) is 7.44. The molecule has 0 radical (unpaired) electrons. The Morgan fingerprint density at radius 1 is 1.25 bits per heavy atom. The second-order valence-corrected chi connectivity index (χ2v) is 5.89. The lowest BCUT2D eigenvalue weighted by atomic mass is 9.78. The highest BCUT2D eigenvalue weighted by molar-refractivity contribution is 5.78. The minimum Gasteiger partial charge on any atom is -0.393 e. The summed E-state index contributed by atoms with van der Waals surface area (Å²) in [5.74, 6) is 0.929. The Morgan fingerprint density at radius 3 is 2.50 bits per heavy atom. The maximum Gasteiger partial charge on any atom is 0.223 e. The van der Waals surface area contributed by atoms with Crippen molar-refractivity contribution < 1.29 is 9.90 Å². The first kappa shape index (κ1) is 15.0. The van der Waals surface area contributed by atoms with Crippen molar-refractivity contribution in [3.05, 3.63) is 35.9 Å². The van der Waals surface area contributed by atoms with E-state index in [4.69, 9.17) is 0 Å². The van der Waals surface area contributed by atoms with Crippen LogP contribution in [0.5, 0.6) is 0 Å². The lowest BCUT2D eigenvalue weighted by molar-refractivity contribution is -0.126. The van der Waals surface area contributed by atoms with E-state index in [1.165, 1.54) is 5.56 Å². The third-order valence-corrected chi connectivity index (χ3v) is 4.23. The van der Waals surface area contributed by atoms with Crippen LogP contribution in [-0.2, 0) is 4.79 Å². The van der Waals surface area contributed by atoms with Crippen LogP contribution in [0.15, 0.2) is 30.3 Å². The number of aliphatic hydroxyl groups excluding tert-OH is 1. The summed E-state index contributed by atoms with van der Waals surface area (Å²) in [5.41, 5.74) is 1.40. The van der Waals surface area contributed by atoms with E-state index in [-0.39, 0.29) is 17.9 Å². The van der Waals surface area contributed by atoms with E-state index >= 15 is 0 Å². The van der Waals surface area contributed by atoms with Gasteiger partial charge in [0.05, 0.1) is 6.10 Å². The average molecular weight is 275 g/mol. The highest BCUT2D eigenvalue weighted by Crippen LogP contribution is 2.35. The zero-order chi connectivity index (χ0) is 14.4. The molecule has 1 amide bonds. The number of hydrogen-bond acceptors (Lipinski definition) is 2. The molecule has 0 aliphatic heterocycles. The SMILES string of the molecule is CC(O)CCNC(=O)C1CCC(c2ccccc2)CC1. The molecular formula is C17H25NO2. The van der Waals surface area contributed by atoms with E-state index in [1.807, 2.05) is 6.07 Å². The molecule has 1 aliphatic rings. The summed E-state index contributed by atoms with van der Waals surface area (Å²) in [6, 6.07) is 10.6. The van der Waals surface area contributed by atoms with Gasteiger partial charge in [0.1, 0.15) is 0 Å². The number of nitrogens with one attached hydrogen (secondary N) is 1. The quantitative estimate of drug-likeness (QED) is 0.868. The molecule has 0 aromatic heterocycles. The van der Waals surface area contributed by atoms with Gasteiger partial charge >= 0.3 is 0 Å². The molecule has 0 spiro atoms. The maximum absolute atomic E-state index is 12.0. The van der Waals surface area contributed by atoms with E-state index in [2.05, 4.69) is 29.6 Å². The average Bonchev–Trinajstić information content (AvgIpc) is 2.48. The summed E-state index contributed by atoms with van der Waals surface area (Å²) in [6.07, 6.45) is 4.42. The van der Waals surface area contributed by atoms with Crippen LogP contribution in [0.1, 0.15) is 50.5 Å². The number of carbonyl (C=O) groups excluding carboxylic acids is 1. The molecule has 3 nitrogen and oxygen atoms in total. The molecule has 1 unspecified atom stereocenters. The smallest absolute Gasteiger partial charge is 0.223 e. The van der Waals surface area contributed by atoms with Gasteiger partial charge in [-0.2, -0.15) is 0 Å². The minimum absolute atomic E-state index is 0.156. The Hall–Kier alpha value is -1.35. The zero-order valence-corrected chi connectivity index (χ0v) is 12.2. The Kier molecular flexibility index (Phi) is 5.60. The number of rotatable bonds is 5. The third-order valence-electron chi connectivity index (χ3n) is 4.23. The van der Waals surface area contributed by atoms with Gasteiger partial charge in [0.2, 0.25) is 5.91 Å². The predicted molar refractivity (Wildman–Crippen MR) is 80.4 cm³/mol. The summed E-state index contributed by atoms with van der Waals surface area (Å²) in [4.78, 5) is 12.0. The van der Waals surface area contributed by atoms with E-state index in [0.717, 1.165) is 25.7 Å². The van der Waals surface area contributed by atoms with Crippen molar-refractivity contribution in [3.63, 3.8) is 0 Å². The molecule has 0 heterocycles. The summed E-state index contributed by atoms with van der Waals surface area (Å²) >= 11 is 0. The van der Waals surface area contributed by atoms with Crippen LogP contribution in [-0.4, -0.2) is 23.7 Å². The Labute approximate surface area is 121 Å². The Bertz CT molecular complexity index is 408. The molecular weight excluding hydrogens is 250 g/mol. The number of carbonyl (C=O) groups is 1. The Balaban J connectivity index is 1.75. The largest absolute Gasteiger partial charge is 0.393 e. The van der Waals surface area contributed by atoms with E-state index < -0.39 is 0 Å². The zero-order valence-electron chi connectivity index (χ0n) is 12.2. The maximum atomic E-state index is 12.0. The summed E-state index contributed by atoms with van der Waals surface area (Å²) in [7, 11) is 0. The Morgan fingerprint density at radius 2 is 1.90 bits per heavy atom. The first-order valence-electron chi connectivity index (χ1n) is 7.67. The molecule has 2 N–H and O–H groups in total. The van der Waals surface area contributed by atoms with Gasteiger partial charge in [-0.3, -0.25) is 4.79 Å². The van der Waals surface area contributed by atoms with Crippen molar-refractivity contribution in [1.29, 1.82) is 0 Å². The van der Waals surface area contributed by atoms with Gasteiger partial charge in [0, 0.05) is 12.5 Å². The molecule has 1 aromatic carbocycles. The molecule has 1 saturated carbocycles. The molecule has 1 aromatic rings. The van der Waals surface area contributed by atoms with Gasteiger partial charge in [0.25, 0.3) is 0 Å². The minimum atomic E-state index is -0.343. The molecule has 3 heteroatoms. The lowest BCUT2D eigenvalue weighted by Gasteiger charge is -2.28. The summed E-state index contributed by atoms with van der Waals surface area (Å²) < 4.78 is 0. The monoisotopic (exact) mass is 275 g/mol. The molecule has 1 atom stereocenters. The normalized spacial score (nSPS) is 24.1. The molecule has 0 bridgehead atoms. The highest BCUT2D eigenvalue weighted by atomic mass is 16.3. The van der Waals surface area contributed by atoms with Gasteiger partial charge < -0.3 is 10.4 Å². The van der Waals surface area contributed by atoms with Crippen LogP contribution in [0.4, 0.5) is 0 Å². The van der Waals surface area contributed by atoms with Crippen molar-refractivity contribution in [3.8, 4) is 0 Å². The van der Waals surface area contributed by atoms with Crippen molar-refractivity contribution in [2.75, 3.05) is 6.54 Å². The highest BCUT2D eigenvalue weighted by Gasteiger charge is 2.26. The van der Waals surface area contributed by atoms with Crippen LogP contribution in [0.2, 0.25) is 0 Å². The first-order valence-corrected chi connectivity index (χ1v) is 7.67. The second-order valence-electron chi connectivity index (χ2n) is 5.89. The van der Waals surface area contributed by atoms with Crippen LogP contribution < -0.4 is 5.32 Å². The lowest BCUT2D eigenvalue weighted by Crippen LogP contribution is -2.34. The van der Waals surface area contributed by atoms with Gasteiger partial charge in [-0.05, 0) is 50.5 Å². The van der Waals surface area contributed by atoms with Gasteiger partial charge in [-0.15, -0.1) is 0 Å². The van der Waals surface area contributed by atoms with Crippen molar-refractivity contribution in [1.82, 2.24) is 5.32 Å². The van der Waals surface area contributed by atoms with E-state index in [9.17, 15) is 9.90 Å². The number of aliphatic hydroxyl groups is 1. The first-order chi connectivity index (χ1) is 9.66. The van der Waals surface area contributed by atoms with Crippen molar-refractivity contribution >= 4 is 5.91 Å². The molecule has 0 saturated heterocycles. The molecule has 2 rings (SSSR count). The van der Waals surface area contributed by atoms with Gasteiger partial charge in [-0.1, -0.05) is 30.3 Å². The van der Waals surface area contributed by atoms with E-state index in [1.54, 1.807) is 6.92 Å². The summed E-state index contributed by atoms with van der Waals surface area (Å²) in [5, 5.41) is 12.1. The molecule has 110 valence electrons. The molecule has 1 aliphatic carbocycles. The van der Waals surface area contributed by atoms with Gasteiger partial charge in [0.15, 0.2) is 0 Å². The van der Waals surface area contributed by atoms with Crippen LogP contribution in [0, 0.1) is 5.92 Å². The fraction of sp³-hybridized carbons (Fsp3) is 0.588. The van der Waals surface area contributed by atoms with Crippen molar-refractivity contribution in [2.24, 2.45) is 5.92 Å². The molecule has 1 fully saturated rings. The number of amides is 1.